The van der Waals surface area contributed by atoms with Gasteiger partial charge in [0, 0.05) is 17.6 Å². The zero-order chi connectivity index (χ0) is 17.1. The minimum atomic E-state index is -0.165. The van der Waals surface area contributed by atoms with Gasteiger partial charge < -0.3 is 10.3 Å². The van der Waals surface area contributed by atoms with E-state index in [1.54, 1.807) is 0 Å². The standard InChI is InChI=1S/C20H20N2O2/c1-13-4-3-5-15(8-13)10-19(23)21-12-17-11-16-9-14(2)6-7-18(16)22-20(17)24/h3-9,11H,10,12H2,1-2H3,(H,21,23)(H,22,24). The molecule has 0 spiro atoms. The molecular formula is C20H20N2O2. The minimum Gasteiger partial charge on any atom is -0.352 e. The molecule has 4 heteroatoms. The highest BCUT2D eigenvalue weighted by Gasteiger charge is 2.07. The molecule has 2 N–H and O–H groups in total. The Bertz CT molecular complexity index is 957. The zero-order valence-corrected chi connectivity index (χ0v) is 13.8. The number of fused-ring (bicyclic) bond motifs is 1. The number of rotatable bonds is 4. The lowest BCUT2D eigenvalue weighted by Gasteiger charge is -2.07. The number of aryl methyl sites for hydroxylation is 2. The number of H-pyrrole nitrogens is 1. The summed E-state index contributed by atoms with van der Waals surface area (Å²) in [5, 5.41) is 3.80. The maximum atomic E-state index is 12.1. The molecule has 24 heavy (non-hydrogen) atoms. The van der Waals surface area contributed by atoms with Crippen LogP contribution in [0.3, 0.4) is 0 Å². The number of hydrogen-bond donors (Lipinski definition) is 2. The molecule has 0 fully saturated rings. The Kier molecular flexibility index (Phi) is 4.47. The third kappa shape index (κ3) is 3.71. The van der Waals surface area contributed by atoms with Crippen molar-refractivity contribution in [2.24, 2.45) is 0 Å². The van der Waals surface area contributed by atoms with Crippen molar-refractivity contribution in [1.82, 2.24) is 10.3 Å². The largest absolute Gasteiger partial charge is 0.352 e. The van der Waals surface area contributed by atoms with Gasteiger partial charge in [0.2, 0.25) is 5.91 Å². The summed E-state index contributed by atoms with van der Waals surface area (Å²) < 4.78 is 0. The second-order valence-electron chi connectivity index (χ2n) is 6.16. The van der Waals surface area contributed by atoms with Crippen molar-refractivity contribution >= 4 is 16.8 Å². The van der Waals surface area contributed by atoms with Gasteiger partial charge in [-0.05, 0) is 43.0 Å². The maximum absolute atomic E-state index is 12.1. The second-order valence-corrected chi connectivity index (χ2v) is 6.16. The highest BCUT2D eigenvalue weighted by Crippen LogP contribution is 2.13. The number of carbonyl (C=O) groups is 1. The van der Waals surface area contributed by atoms with E-state index in [0.717, 1.165) is 27.6 Å². The number of benzene rings is 2. The van der Waals surface area contributed by atoms with Crippen molar-refractivity contribution in [3.8, 4) is 0 Å². The van der Waals surface area contributed by atoms with Crippen LogP contribution in [-0.4, -0.2) is 10.9 Å². The van der Waals surface area contributed by atoms with Crippen molar-refractivity contribution in [1.29, 1.82) is 0 Å². The Morgan fingerprint density at radius 2 is 1.83 bits per heavy atom. The van der Waals surface area contributed by atoms with Crippen LogP contribution < -0.4 is 10.9 Å². The van der Waals surface area contributed by atoms with Crippen LogP contribution in [0.2, 0.25) is 0 Å². The van der Waals surface area contributed by atoms with Gasteiger partial charge >= 0.3 is 0 Å². The van der Waals surface area contributed by atoms with Crippen LogP contribution in [0.15, 0.2) is 53.3 Å². The van der Waals surface area contributed by atoms with Crippen LogP contribution >= 0.6 is 0 Å². The van der Waals surface area contributed by atoms with Crippen molar-refractivity contribution < 1.29 is 4.79 Å². The van der Waals surface area contributed by atoms with Gasteiger partial charge in [0.15, 0.2) is 0 Å². The molecule has 0 aliphatic heterocycles. The van der Waals surface area contributed by atoms with E-state index in [2.05, 4.69) is 10.3 Å². The highest BCUT2D eigenvalue weighted by molar-refractivity contribution is 5.80. The molecule has 1 amide bonds. The summed E-state index contributed by atoms with van der Waals surface area (Å²) >= 11 is 0. The first-order chi connectivity index (χ1) is 11.5. The summed E-state index contributed by atoms with van der Waals surface area (Å²) in [5.74, 6) is -0.0932. The Morgan fingerprint density at radius 3 is 2.62 bits per heavy atom. The average Bonchev–Trinajstić information content (AvgIpc) is 2.53. The van der Waals surface area contributed by atoms with Crippen LogP contribution in [0.25, 0.3) is 10.9 Å². The van der Waals surface area contributed by atoms with Crippen molar-refractivity contribution in [2.75, 3.05) is 0 Å². The topological polar surface area (TPSA) is 62.0 Å². The van der Waals surface area contributed by atoms with Crippen molar-refractivity contribution in [3.05, 3.63) is 81.1 Å². The Labute approximate surface area is 140 Å². The van der Waals surface area contributed by atoms with Gasteiger partial charge in [0.05, 0.1) is 6.42 Å². The fourth-order valence-corrected chi connectivity index (χ4v) is 2.77. The van der Waals surface area contributed by atoms with E-state index >= 15 is 0 Å². The Morgan fingerprint density at radius 1 is 1.04 bits per heavy atom. The number of amides is 1. The van der Waals surface area contributed by atoms with Crippen LogP contribution in [0.1, 0.15) is 22.3 Å². The molecular weight excluding hydrogens is 300 g/mol. The van der Waals surface area contributed by atoms with Gasteiger partial charge in [-0.2, -0.15) is 0 Å². The number of aromatic nitrogens is 1. The quantitative estimate of drug-likeness (QED) is 0.776. The number of hydrogen-bond acceptors (Lipinski definition) is 2. The summed E-state index contributed by atoms with van der Waals surface area (Å²) in [6.45, 7) is 4.23. The average molecular weight is 320 g/mol. The van der Waals surface area contributed by atoms with E-state index in [1.807, 2.05) is 62.4 Å². The van der Waals surface area contributed by atoms with Gasteiger partial charge in [-0.1, -0.05) is 41.5 Å². The van der Waals surface area contributed by atoms with Crippen LogP contribution in [0.5, 0.6) is 0 Å². The molecule has 122 valence electrons. The molecule has 2 aromatic carbocycles. The predicted octanol–water partition coefficient (Wildman–Crippen LogP) is 3.00. The number of pyridine rings is 1. The summed E-state index contributed by atoms with van der Waals surface area (Å²) in [5.41, 5.74) is 4.43. The lowest BCUT2D eigenvalue weighted by molar-refractivity contribution is -0.120. The molecule has 0 atom stereocenters. The molecule has 0 unspecified atom stereocenters. The van der Waals surface area contributed by atoms with E-state index in [0.29, 0.717) is 12.0 Å². The molecule has 0 saturated carbocycles. The van der Waals surface area contributed by atoms with E-state index in [4.69, 9.17) is 0 Å². The van der Waals surface area contributed by atoms with Crippen molar-refractivity contribution in [2.45, 2.75) is 26.8 Å². The van der Waals surface area contributed by atoms with Gasteiger partial charge in [-0.25, -0.2) is 0 Å². The molecule has 4 nitrogen and oxygen atoms in total. The molecule has 0 bridgehead atoms. The zero-order valence-electron chi connectivity index (χ0n) is 13.8. The van der Waals surface area contributed by atoms with Crippen LogP contribution in [-0.2, 0) is 17.8 Å². The molecule has 1 aromatic heterocycles. The number of carbonyl (C=O) groups excluding carboxylic acids is 1. The highest BCUT2D eigenvalue weighted by atomic mass is 16.1. The lowest BCUT2D eigenvalue weighted by Crippen LogP contribution is -2.28. The van der Waals surface area contributed by atoms with Gasteiger partial charge in [0.25, 0.3) is 5.56 Å². The first-order valence-corrected chi connectivity index (χ1v) is 7.96. The summed E-state index contributed by atoms with van der Waals surface area (Å²) in [6, 6.07) is 15.6. The molecule has 0 aliphatic rings. The van der Waals surface area contributed by atoms with Gasteiger partial charge in [-0.15, -0.1) is 0 Å². The Hall–Kier alpha value is -2.88. The normalized spacial score (nSPS) is 10.8. The number of nitrogens with one attached hydrogen (secondary N) is 2. The molecule has 0 saturated heterocycles. The van der Waals surface area contributed by atoms with E-state index < -0.39 is 0 Å². The predicted molar refractivity (Wildman–Crippen MR) is 96.0 cm³/mol. The molecule has 0 radical (unpaired) electrons. The molecule has 3 rings (SSSR count). The van der Waals surface area contributed by atoms with Gasteiger partial charge in [0.1, 0.15) is 0 Å². The van der Waals surface area contributed by atoms with Crippen LogP contribution in [0, 0.1) is 13.8 Å². The van der Waals surface area contributed by atoms with Crippen LogP contribution in [0.4, 0.5) is 0 Å². The van der Waals surface area contributed by atoms with E-state index in [9.17, 15) is 9.59 Å². The first kappa shape index (κ1) is 16.0. The number of aromatic amines is 1. The van der Waals surface area contributed by atoms with Gasteiger partial charge in [-0.3, -0.25) is 9.59 Å². The second kappa shape index (κ2) is 6.71. The third-order valence-electron chi connectivity index (χ3n) is 4.00. The van der Waals surface area contributed by atoms with E-state index in [-0.39, 0.29) is 18.0 Å². The molecule has 1 heterocycles. The SMILES string of the molecule is Cc1cccc(CC(=O)NCc2cc3cc(C)ccc3[nH]c2=O)c1. The monoisotopic (exact) mass is 320 g/mol. The lowest BCUT2D eigenvalue weighted by atomic mass is 10.1. The fraction of sp³-hybridized carbons (Fsp3) is 0.200. The third-order valence-corrected chi connectivity index (χ3v) is 4.00. The van der Waals surface area contributed by atoms with Crippen molar-refractivity contribution in [3.63, 3.8) is 0 Å². The minimum absolute atomic E-state index is 0.0932. The summed E-state index contributed by atoms with van der Waals surface area (Å²) in [7, 11) is 0. The molecule has 0 aliphatic carbocycles. The maximum Gasteiger partial charge on any atom is 0.253 e. The van der Waals surface area contributed by atoms with E-state index in [1.165, 1.54) is 0 Å². The Balaban J connectivity index is 1.72. The smallest absolute Gasteiger partial charge is 0.253 e. The first-order valence-electron chi connectivity index (χ1n) is 7.96. The summed E-state index contributed by atoms with van der Waals surface area (Å²) in [6.07, 6.45) is 0.312. The molecule has 3 aromatic rings. The summed E-state index contributed by atoms with van der Waals surface area (Å²) in [4.78, 5) is 27.1. The fourth-order valence-electron chi connectivity index (χ4n) is 2.77.